The smallest absolute Gasteiger partial charge is 0.466 e. The van der Waals surface area contributed by atoms with Gasteiger partial charge in [-0.25, -0.2) is 0 Å². The van der Waals surface area contributed by atoms with E-state index in [-0.39, 0.29) is 0 Å². The van der Waals surface area contributed by atoms with Gasteiger partial charge in [-0.1, -0.05) is 13.2 Å². The van der Waals surface area contributed by atoms with Gasteiger partial charge >= 0.3 is 9.17 Å². The van der Waals surface area contributed by atoms with Crippen LogP contribution in [0.5, 0.6) is 0 Å². The quantitative estimate of drug-likeness (QED) is 0.353. The minimum absolute atomic E-state index is 1.06. The zero-order valence-corrected chi connectivity index (χ0v) is 6.71. The van der Waals surface area contributed by atoms with Gasteiger partial charge in [-0.15, -0.1) is 13.2 Å². The molecule has 0 saturated carbocycles. The molecule has 10 heavy (non-hydrogen) atoms. The van der Waals surface area contributed by atoms with Gasteiger partial charge in [0.2, 0.25) is 0 Å². The Balaban J connectivity index is 0. The van der Waals surface area contributed by atoms with E-state index in [4.69, 9.17) is 0 Å². The van der Waals surface area contributed by atoms with Crippen LogP contribution in [-0.4, -0.2) is 9.17 Å². The van der Waals surface area contributed by atoms with Crippen LogP contribution in [0, 0.1) is 0 Å². The molecule has 0 aromatic rings. The van der Waals surface area contributed by atoms with Crippen molar-refractivity contribution in [1.29, 1.82) is 0 Å². The number of hydrogen-bond acceptors (Lipinski definition) is 3. The average molecular weight is 158 g/mol. The Hall–Kier alpha value is -1.16. The lowest BCUT2D eigenvalue weighted by Crippen LogP contribution is -2.03. The van der Waals surface area contributed by atoms with Crippen molar-refractivity contribution in [3.63, 3.8) is 0 Å². The van der Waals surface area contributed by atoms with Crippen molar-refractivity contribution < 1.29 is 13.3 Å². The molecule has 0 spiro atoms. The molecule has 0 amide bonds. The Morgan fingerprint density at radius 1 is 1.10 bits per heavy atom. The first-order chi connectivity index (χ1) is 4.81. The lowest BCUT2D eigenvalue weighted by molar-refractivity contribution is 0.287. The molecule has 0 atom stereocenters. The Bertz CT molecular complexity index is 110. The summed E-state index contributed by atoms with van der Waals surface area (Å²) in [6.45, 7) is 12.3. The van der Waals surface area contributed by atoms with Gasteiger partial charge in [0.05, 0.1) is 12.5 Å². The van der Waals surface area contributed by atoms with Crippen molar-refractivity contribution in [2.75, 3.05) is 0 Å². The maximum Gasteiger partial charge on any atom is 0.777 e. The van der Waals surface area contributed by atoms with Crippen LogP contribution in [0.15, 0.2) is 38.8 Å². The van der Waals surface area contributed by atoms with Crippen LogP contribution in [0.4, 0.5) is 0 Å². The molecule has 0 rings (SSSR count). The van der Waals surface area contributed by atoms with E-state index in [2.05, 4.69) is 35.2 Å². The molecule has 0 fully saturated rings. The van der Waals surface area contributed by atoms with Gasteiger partial charge in [0.25, 0.3) is 0 Å². The highest BCUT2D eigenvalue weighted by Crippen LogP contribution is 1.77. The maximum absolute atomic E-state index is 10.2. The fraction of sp³-hybridized carbons (Fsp3) is 0. The van der Waals surface area contributed by atoms with Crippen molar-refractivity contribution in [1.82, 2.24) is 0 Å². The summed E-state index contributed by atoms with van der Waals surface area (Å²) in [4.78, 5) is 0. The van der Waals surface area contributed by atoms with Gasteiger partial charge < -0.3 is 8.85 Å². The SMILES string of the molecule is C=C.C=CO[Si](=O)OC=C. The molecule has 0 heterocycles. The van der Waals surface area contributed by atoms with Crippen molar-refractivity contribution >= 4 is 9.17 Å². The van der Waals surface area contributed by atoms with Crippen LogP contribution in [0.1, 0.15) is 0 Å². The first kappa shape index (κ1) is 11.6. The Morgan fingerprint density at radius 2 is 1.40 bits per heavy atom. The lowest BCUT2D eigenvalue weighted by atomic mass is 11.2. The molecule has 0 aromatic carbocycles. The highest BCUT2D eigenvalue weighted by atomic mass is 28.3. The standard InChI is InChI=1S/C4H6O3Si.C2H4/c1-3-6-8(5)7-4-2;1-2/h3-4H,1-2H2;1-2H2. The molecule has 0 saturated heterocycles. The van der Waals surface area contributed by atoms with Crippen molar-refractivity contribution in [2.24, 2.45) is 0 Å². The fourth-order valence-corrected chi connectivity index (χ4v) is 0.492. The van der Waals surface area contributed by atoms with Crippen molar-refractivity contribution in [3.8, 4) is 0 Å². The predicted molar refractivity (Wildman–Crippen MR) is 40.3 cm³/mol. The monoisotopic (exact) mass is 158 g/mol. The van der Waals surface area contributed by atoms with Gasteiger partial charge in [0.15, 0.2) is 0 Å². The second kappa shape index (κ2) is 10.8. The van der Waals surface area contributed by atoms with Gasteiger partial charge in [-0.2, -0.15) is 0 Å². The first-order valence-electron chi connectivity index (χ1n) is 2.40. The zero-order valence-electron chi connectivity index (χ0n) is 5.71. The second-order valence-electron chi connectivity index (χ2n) is 0.819. The normalized spacial score (nSPS) is 6.00. The lowest BCUT2D eigenvalue weighted by Gasteiger charge is -1.90. The van der Waals surface area contributed by atoms with Crippen LogP contribution in [0.3, 0.4) is 0 Å². The van der Waals surface area contributed by atoms with Crippen molar-refractivity contribution in [2.45, 2.75) is 0 Å². The molecule has 0 aliphatic heterocycles. The Kier molecular flexibility index (Phi) is 12.5. The second-order valence-corrected chi connectivity index (χ2v) is 1.79. The van der Waals surface area contributed by atoms with E-state index in [0.29, 0.717) is 0 Å². The number of hydrogen-bond donors (Lipinski definition) is 0. The summed E-state index contributed by atoms with van der Waals surface area (Å²) in [6, 6.07) is 0. The van der Waals surface area contributed by atoms with E-state index in [1.165, 1.54) is 0 Å². The van der Waals surface area contributed by atoms with Crippen LogP contribution in [-0.2, 0) is 13.3 Å². The summed E-state index contributed by atoms with van der Waals surface area (Å²) in [7, 11) is -2.38. The van der Waals surface area contributed by atoms with E-state index < -0.39 is 9.17 Å². The highest BCUT2D eigenvalue weighted by molar-refractivity contribution is 6.26. The Labute approximate surface area is 62.2 Å². The van der Waals surface area contributed by atoms with Gasteiger partial charge in [-0.3, -0.25) is 4.46 Å². The van der Waals surface area contributed by atoms with Crippen molar-refractivity contribution in [3.05, 3.63) is 38.8 Å². The van der Waals surface area contributed by atoms with Gasteiger partial charge in [-0.05, 0) is 0 Å². The summed E-state index contributed by atoms with van der Waals surface area (Å²) in [5.74, 6) is 0. The van der Waals surface area contributed by atoms with Crippen LogP contribution < -0.4 is 0 Å². The third kappa shape index (κ3) is 9.96. The molecule has 3 nitrogen and oxygen atoms in total. The zero-order chi connectivity index (χ0) is 8.41. The van der Waals surface area contributed by atoms with E-state index in [1.807, 2.05) is 0 Å². The van der Waals surface area contributed by atoms with Crippen LogP contribution in [0.2, 0.25) is 0 Å². The topological polar surface area (TPSA) is 35.5 Å². The minimum Gasteiger partial charge on any atom is -0.466 e. The average Bonchev–Trinajstić information content (AvgIpc) is 1.93. The third-order valence-electron chi connectivity index (χ3n) is 0.359. The summed E-state index contributed by atoms with van der Waals surface area (Å²) in [5.41, 5.74) is 0. The summed E-state index contributed by atoms with van der Waals surface area (Å²) < 4.78 is 18.8. The first-order valence-corrected chi connectivity index (χ1v) is 3.63. The Morgan fingerprint density at radius 3 is 1.60 bits per heavy atom. The highest BCUT2D eigenvalue weighted by Gasteiger charge is 2.04. The van der Waals surface area contributed by atoms with E-state index in [9.17, 15) is 4.46 Å². The molecule has 56 valence electrons. The minimum atomic E-state index is -2.38. The molecule has 0 aliphatic rings. The summed E-state index contributed by atoms with van der Waals surface area (Å²) in [5, 5.41) is 0. The van der Waals surface area contributed by atoms with Gasteiger partial charge in [0, 0.05) is 0 Å². The molecule has 0 radical (unpaired) electrons. The molecular formula is C6H10O3Si. The van der Waals surface area contributed by atoms with Gasteiger partial charge in [0.1, 0.15) is 0 Å². The maximum atomic E-state index is 10.2. The molecule has 0 unspecified atom stereocenters. The van der Waals surface area contributed by atoms with Crippen LogP contribution >= 0.6 is 0 Å². The van der Waals surface area contributed by atoms with E-state index in [0.717, 1.165) is 12.5 Å². The largest absolute Gasteiger partial charge is 0.777 e. The summed E-state index contributed by atoms with van der Waals surface area (Å²) >= 11 is 0. The molecule has 0 N–H and O–H groups in total. The fourth-order valence-electron chi connectivity index (χ4n) is 0.164. The molecular weight excluding hydrogens is 148 g/mol. The molecule has 0 bridgehead atoms. The van der Waals surface area contributed by atoms with E-state index in [1.54, 1.807) is 0 Å². The molecule has 4 heteroatoms. The molecule has 0 aliphatic carbocycles. The van der Waals surface area contributed by atoms with E-state index >= 15 is 0 Å². The molecule has 0 aromatic heterocycles. The third-order valence-corrected chi connectivity index (χ3v) is 1.08. The number of rotatable bonds is 4. The van der Waals surface area contributed by atoms with Crippen LogP contribution in [0.25, 0.3) is 0 Å². The summed E-state index contributed by atoms with van der Waals surface area (Å²) in [6.07, 6.45) is 2.12. The predicted octanol–water partition coefficient (Wildman–Crippen LogP) is 1.52.